The first-order valence-electron chi connectivity index (χ1n) is 9.27. The predicted molar refractivity (Wildman–Crippen MR) is 109 cm³/mol. The highest BCUT2D eigenvalue weighted by atomic mass is 35.5. The van der Waals surface area contributed by atoms with Gasteiger partial charge in [0.05, 0.1) is 18.5 Å². The molecule has 0 aromatic heterocycles. The molecule has 2 aromatic rings. The van der Waals surface area contributed by atoms with Crippen LogP contribution in [0.1, 0.15) is 32.8 Å². The topological polar surface area (TPSA) is 57.7 Å². The number of nitrogens with zero attached hydrogens (tertiary/aromatic N) is 2. The molecule has 0 bridgehead atoms. The lowest BCUT2D eigenvalue weighted by Gasteiger charge is -2.39. The smallest absolute Gasteiger partial charge is 0.257 e. The van der Waals surface area contributed by atoms with Crippen molar-refractivity contribution in [3.05, 3.63) is 64.9 Å². The third-order valence-corrected chi connectivity index (χ3v) is 5.03. The van der Waals surface area contributed by atoms with Crippen LogP contribution in [0.15, 0.2) is 48.5 Å². The van der Waals surface area contributed by atoms with Gasteiger partial charge in [-0.2, -0.15) is 0 Å². The molecule has 0 saturated carbocycles. The summed E-state index contributed by atoms with van der Waals surface area (Å²) in [5.74, 6) is -1.62. The number of rotatable bonds is 4. The van der Waals surface area contributed by atoms with E-state index in [0.717, 1.165) is 10.5 Å². The lowest BCUT2D eigenvalue weighted by molar-refractivity contribution is -0.143. The van der Waals surface area contributed by atoms with Crippen LogP contribution in [-0.2, 0) is 20.8 Å². The third kappa shape index (κ3) is 4.48. The molecule has 1 fully saturated rings. The number of hydrogen-bond acceptors (Lipinski definition) is 3. The van der Waals surface area contributed by atoms with Crippen LogP contribution in [0, 0.1) is 5.82 Å². The number of halogens is 2. The van der Waals surface area contributed by atoms with Gasteiger partial charge in [0, 0.05) is 10.6 Å². The van der Waals surface area contributed by atoms with Crippen molar-refractivity contribution in [2.45, 2.75) is 45.2 Å². The molecule has 1 aliphatic heterocycles. The SMILES string of the molecule is CC(C)(C)N(C(=O)Cc1ccc(Cl)cc1)C1CC(=O)N(c2ccc(F)cc2)C1=O. The van der Waals surface area contributed by atoms with Crippen LogP contribution in [0.5, 0.6) is 0 Å². The summed E-state index contributed by atoms with van der Waals surface area (Å²) >= 11 is 5.90. The maximum atomic E-state index is 13.2. The molecular formula is C22H22ClFN2O3. The van der Waals surface area contributed by atoms with E-state index in [0.29, 0.717) is 10.7 Å². The van der Waals surface area contributed by atoms with Crippen LogP contribution in [0.2, 0.25) is 5.02 Å². The largest absolute Gasteiger partial charge is 0.325 e. The number of carbonyl (C=O) groups is 3. The Balaban J connectivity index is 1.88. The van der Waals surface area contributed by atoms with Gasteiger partial charge in [0.25, 0.3) is 5.91 Å². The molecule has 3 amide bonds. The molecular weight excluding hydrogens is 395 g/mol. The van der Waals surface area contributed by atoms with E-state index in [-0.39, 0.29) is 18.7 Å². The van der Waals surface area contributed by atoms with Gasteiger partial charge in [-0.25, -0.2) is 9.29 Å². The molecule has 0 spiro atoms. The Labute approximate surface area is 174 Å². The van der Waals surface area contributed by atoms with Gasteiger partial charge in [-0.05, 0) is 62.7 Å². The number of carbonyl (C=O) groups excluding carboxylic acids is 3. The van der Waals surface area contributed by atoms with Crippen molar-refractivity contribution in [3.63, 3.8) is 0 Å². The standard InChI is InChI=1S/C22H22ClFN2O3/c1-22(2,3)26(20(28)12-14-4-6-15(23)7-5-14)18-13-19(27)25(21(18)29)17-10-8-16(24)9-11-17/h4-11,18H,12-13H2,1-3H3. The Hall–Kier alpha value is -2.73. The Kier molecular flexibility index (Phi) is 5.75. The molecule has 2 aromatic carbocycles. The quantitative estimate of drug-likeness (QED) is 0.708. The van der Waals surface area contributed by atoms with E-state index in [2.05, 4.69) is 0 Å². The van der Waals surface area contributed by atoms with Crippen molar-refractivity contribution in [1.82, 2.24) is 4.90 Å². The first kappa shape index (κ1) is 21.0. The van der Waals surface area contributed by atoms with Gasteiger partial charge in [-0.15, -0.1) is 0 Å². The van der Waals surface area contributed by atoms with E-state index in [1.807, 2.05) is 20.8 Å². The van der Waals surface area contributed by atoms with E-state index < -0.39 is 29.2 Å². The average Bonchev–Trinajstić information content (AvgIpc) is 2.91. The second-order valence-corrected chi connectivity index (χ2v) is 8.44. The van der Waals surface area contributed by atoms with Gasteiger partial charge < -0.3 is 4.90 Å². The van der Waals surface area contributed by atoms with Crippen molar-refractivity contribution in [1.29, 1.82) is 0 Å². The molecule has 3 rings (SSSR count). The first-order valence-corrected chi connectivity index (χ1v) is 9.64. The number of anilines is 1. The minimum atomic E-state index is -0.910. The Bertz CT molecular complexity index is 936. The zero-order chi connectivity index (χ0) is 21.3. The highest BCUT2D eigenvalue weighted by Crippen LogP contribution is 2.30. The molecule has 5 nitrogen and oxygen atoms in total. The first-order chi connectivity index (χ1) is 13.6. The number of amides is 3. The number of benzene rings is 2. The lowest BCUT2D eigenvalue weighted by atomic mass is 9.99. The molecule has 1 unspecified atom stereocenters. The van der Waals surface area contributed by atoms with Gasteiger partial charge in [-0.1, -0.05) is 23.7 Å². The zero-order valence-electron chi connectivity index (χ0n) is 16.5. The Morgan fingerprint density at radius 3 is 2.24 bits per heavy atom. The van der Waals surface area contributed by atoms with Gasteiger partial charge >= 0.3 is 0 Å². The van der Waals surface area contributed by atoms with Gasteiger partial charge in [0.1, 0.15) is 11.9 Å². The second kappa shape index (κ2) is 7.95. The monoisotopic (exact) mass is 416 g/mol. The normalized spacial score (nSPS) is 17.0. The third-order valence-electron chi connectivity index (χ3n) is 4.78. The molecule has 1 atom stereocenters. The molecule has 1 saturated heterocycles. The van der Waals surface area contributed by atoms with Crippen molar-refractivity contribution >= 4 is 35.0 Å². The van der Waals surface area contributed by atoms with Crippen molar-refractivity contribution in [2.24, 2.45) is 0 Å². The summed E-state index contributed by atoms with van der Waals surface area (Å²) in [6.45, 7) is 5.47. The maximum absolute atomic E-state index is 13.2. The van der Waals surface area contributed by atoms with Crippen molar-refractivity contribution in [2.75, 3.05) is 4.90 Å². The fourth-order valence-electron chi connectivity index (χ4n) is 3.56. The summed E-state index contributed by atoms with van der Waals surface area (Å²) in [4.78, 5) is 41.3. The summed E-state index contributed by atoms with van der Waals surface area (Å²) in [5.41, 5.74) is 0.381. The van der Waals surface area contributed by atoms with Gasteiger partial charge in [-0.3, -0.25) is 14.4 Å². The van der Waals surface area contributed by atoms with Crippen LogP contribution in [0.25, 0.3) is 0 Å². The number of imide groups is 1. The van der Waals surface area contributed by atoms with E-state index in [1.54, 1.807) is 24.3 Å². The van der Waals surface area contributed by atoms with Crippen LogP contribution < -0.4 is 4.90 Å². The molecule has 7 heteroatoms. The maximum Gasteiger partial charge on any atom is 0.257 e. The zero-order valence-corrected chi connectivity index (χ0v) is 17.2. The summed E-state index contributed by atoms with van der Waals surface area (Å²) < 4.78 is 13.2. The summed E-state index contributed by atoms with van der Waals surface area (Å²) in [5, 5.41) is 0.570. The minimum Gasteiger partial charge on any atom is -0.325 e. The van der Waals surface area contributed by atoms with Crippen LogP contribution in [-0.4, -0.2) is 34.2 Å². The van der Waals surface area contributed by atoms with E-state index in [9.17, 15) is 18.8 Å². The summed E-state index contributed by atoms with van der Waals surface area (Å²) in [6, 6.07) is 11.1. The van der Waals surface area contributed by atoms with E-state index >= 15 is 0 Å². The molecule has 0 N–H and O–H groups in total. The predicted octanol–water partition coefficient (Wildman–Crippen LogP) is 3.98. The Morgan fingerprint density at radius 1 is 1.10 bits per heavy atom. The summed E-state index contributed by atoms with van der Waals surface area (Å²) in [6.07, 6.45) is -0.0250. The molecule has 0 aliphatic carbocycles. The van der Waals surface area contributed by atoms with E-state index in [1.165, 1.54) is 29.2 Å². The molecule has 0 radical (unpaired) electrons. The second-order valence-electron chi connectivity index (χ2n) is 8.00. The molecule has 152 valence electrons. The highest BCUT2D eigenvalue weighted by Gasteiger charge is 2.47. The number of hydrogen-bond donors (Lipinski definition) is 0. The van der Waals surface area contributed by atoms with Crippen LogP contribution in [0.4, 0.5) is 10.1 Å². The van der Waals surface area contributed by atoms with Crippen LogP contribution in [0.3, 0.4) is 0 Å². The Morgan fingerprint density at radius 2 is 1.69 bits per heavy atom. The van der Waals surface area contributed by atoms with Crippen LogP contribution >= 0.6 is 11.6 Å². The fraction of sp³-hybridized carbons (Fsp3) is 0.318. The van der Waals surface area contributed by atoms with Crippen molar-refractivity contribution in [3.8, 4) is 0 Å². The minimum absolute atomic E-state index is 0.0863. The summed E-state index contributed by atoms with van der Waals surface area (Å²) in [7, 11) is 0. The average molecular weight is 417 g/mol. The molecule has 1 aliphatic rings. The molecule has 1 heterocycles. The fourth-order valence-corrected chi connectivity index (χ4v) is 3.68. The van der Waals surface area contributed by atoms with Crippen molar-refractivity contribution < 1.29 is 18.8 Å². The molecule has 29 heavy (non-hydrogen) atoms. The van der Waals surface area contributed by atoms with Gasteiger partial charge in [0.2, 0.25) is 11.8 Å². The van der Waals surface area contributed by atoms with Gasteiger partial charge in [0.15, 0.2) is 0 Å². The lowest BCUT2D eigenvalue weighted by Crippen LogP contribution is -2.55. The highest BCUT2D eigenvalue weighted by molar-refractivity contribution is 6.30. The van der Waals surface area contributed by atoms with E-state index in [4.69, 9.17) is 11.6 Å².